The number of fused-ring (bicyclic) bond motifs is 1. The predicted octanol–water partition coefficient (Wildman–Crippen LogP) is 2.94. The van der Waals surface area contributed by atoms with Crippen molar-refractivity contribution in [3.8, 4) is 0 Å². The first-order valence-electron chi connectivity index (χ1n) is 10.5. The summed E-state index contributed by atoms with van der Waals surface area (Å²) in [5.41, 5.74) is -0.0146. The van der Waals surface area contributed by atoms with Gasteiger partial charge in [-0.1, -0.05) is 44.2 Å². The number of hydrogen-bond acceptors (Lipinski definition) is 4. The van der Waals surface area contributed by atoms with E-state index in [9.17, 15) is 13.2 Å². The molecule has 1 fully saturated rings. The second-order valence-corrected chi connectivity index (χ2v) is 11.2. The van der Waals surface area contributed by atoms with Crippen molar-refractivity contribution in [2.75, 3.05) is 40.3 Å². The molecular weight excluding hydrogens is 398 g/mol. The topological polar surface area (TPSA) is 69.7 Å². The SMILES string of the molecule is CN(C)CC(C)(C)CNC(=O)C1CCN(S(=O)(=O)c2ccc3ccccc3c2)CC1. The molecule has 3 rings (SSSR count). The Labute approximate surface area is 180 Å². The first kappa shape index (κ1) is 22.7. The van der Waals surface area contributed by atoms with Crippen molar-refractivity contribution in [3.05, 3.63) is 42.5 Å². The minimum absolute atomic E-state index is 0.0146. The second-order valence-electron chi connectivity index (χ2n) is 9.31. The minimum Gasteiger partial charge on any atom is -0.355 e. The van der Waals surface area contributed by atoms with Gasteiger partial charge in [0.15, 0.2) is 0 Å². The van der Waals surface area contributed by atoms with Gasteiger partial charge in [0.05, 0.1) is 4.90 Å². The molecule has 0 saturated carbocycles. The maximum atomic E-state index is 13.1. The molecule has 6 nitrogen and oxygen atoms in total. The van der Waals surface area contributed by atoms with Crippen molar-refractivity contribution in [3.63, 3.8) is 0 Å². The minimum atomic E-state index is -3.56. The van der Waals surface area contributed by atoms with Crippen molar-refractivity contribution in [2.45, 2.75) is 31.6 Å². The van der Waals surface area contributed by atoms with Gasteiger partial charge in [-0.15, -0.1) is 0 Å². The van der Waals surface area contributed by atoms with Gasteiger partial charge in [-0.2, -0.15) is 4.31 Å². The Hall–Kier alpha value is -1.96. The van der Waals surface area contributed by atoms with E-state index in [-0.39, 0.29) is 17.2 Å². The first-order valence-corrected chi connectivity index (χ1v) is 11.9. The van der Waals surface area contributed by atoms with Crippen LogP contribution < -0.4 is 5.32 Å². The van der Waals surface area contributed by atoms with Crippen molar-refractivity contribution in [1.29, 1.82) is 0 Å². The van der Waals surface area contributed by atoms with E-state index in [1.54, 1.807) is 12.1 Å². The molecule has 1 saturated heterocycles. The van der Waals surface area contributed by atoms with E-state index >= 15 is 0 Å². The van der Waals surface area contributed by atoms with Crippen LogP contribution >= 0.6 is 0 Å². The molecule has 0 unspecified atom stereocenters. The van der Waals surface area contributed by atoms with Gasteiger partial charge in [0.2, 0.25) is 15.9 Å². The van der Waals surface area contributed by atoms with Crippen LogP contribution in [-0.2, 0) is 14.8 Å². The maximum Gasteiger partial charge on any atom is 0.243 e. The molecule has 1 amide bonds. The summed E-state index contributed by atoms with van der Waals surface area (Å²) < 4.78 is 27.7. The van der Waals surface area contributed by atoms with Crippen LogP contribution in [0, 0.1) is 11.3 Å². The Morgan fingerprint density at radius 2 is 1.73 bits per heavy atom. The lowest BCUT2D eigenvalue weighted by Gasteiger charge is -2.32. The van der Waals surface area contributed by atoms with E-state index in [1.165, 1.54) is 4.31 Å². The highest BCUT2D eigenvalue weighted by atomic mass is 32.2. The third-order valence-electron chi connectivity index (χ3n) is 5.67. The van der Waals surface area contributed by atoms with Crippen molar-refractivity contribution in [2.24, 2.45) is 11.3 Å². The molecule has 0 bridgehead atoms. The van der Waals surface area contributed by atoms with E-state index in [0.29, 0.717) is 37.4 Å². The number of rotatable bonds is 7. The molecule has 0 spiro atoms. The van der Waals surface area contributed by atoms with E-state index in [4.69, 9.17) is 0 Å². The van der Waals surface area contributed by atoms with E-state index in [0.717, 1.165) is 17.3 Å². The molecule has 2 aromatic rings. The highest BCUT2D eigenvalue weighted by Crippen LogP contribution is 2.26. The molecule has 7 heteroatoms. The molecule has 1 aliphatic rings. The molecule has 1 heterocycles. The van der Waals surface area contributed by atoms with Crippen LogP contribution in [0.2, 0.25) is 0 Å². The van der Waals surface area contributed by atoms with Crippen LogP contribution in [0.5, 0.6) is 0 Å². The molecular formula is C23H33N3O3S. The average molecular weight is 432 g/mol. The number of nitrogens with zero attached hydrogens (tertiary/aromatic N) is 2. The molecule has 164 valence electrons. The maximum absolute atomic E-state index is 13.1. The van der Waals surface area contributed by atoms with Crippen molar-refractivity contribution < 1.29 is 13.2 Å². The Morgan fingerprint density at radius 3 is 2.37 bits per heavy atom. The number of sulfonamides is 1. The number of nitrogens with one attached hydrogen (secondary N) is 1. The highest BCUT2D eigenvalue weighted by Gasteiger charge is 2.32. The van der Waals surface area contributed by atoms with Gasteiger partial charge in [0.25, 0.3) is 0 Å². The fraction of sp³-hybridized carbons (Fsp3) is 0.522. The Bertz CT molecular complexity index is 994. The number of carbonyl (C=O) groups excluding carboxylic acids is 1. The lowest BCUT2D eigenvalue weighted by Crippen LogP contribution is -2.45. The lowest BCUT2D eigenvalue weighted by molar-refractivity contribution is -0.126. The van der Waals surface area contributed by atoms with Gasteiger partial charge in [0, 0.05) is 32.1 Å². The van der Waals surface area contributed by atoms with E-state index < -0.39 is 10.0 Å². The van der Waals surface area contributed by atoms with Crippen LogP contribution in [0.3, 0.4) is 0 Å². The van der Waals surface area contributed by atoms with Gasteiger partial charge in [-0.25, -0.2) is 8.42 Å². The summed E-state index contributed by atoms with van der Waals surface area (Å²) in [6.07, 6.45) is 1.10. The summed E-state index contributed by atoms with van der Waals surface area (Å²) in [5.74, 6) is -0.104. The van der Waals surface area contributed by atoms with E-state index in [2.05, 4.69) is 24.1 Å². The number of amides is 1. The van der Waals surface area contributed by atoms with Crippen LogP contribution in [0.4, 0.5) is 0 Å². The van der Waals surface area contributed by atoms with Crippen molar-refractivity contribution in [1.82, 2.24) is 14.5 Å². The number of benzene rings is 2. The lowest BCUT2D eigenvalue weighted by atomic mass is 9.91. The fourth-order valence-electron chi connectivity index (χ4n) is 4.22. The zero-order valence-corrected chi connectivity index (χ0v) is 19.2. The standard InChI is InChI=1S/C23H33N3O3S/c1-23(2,17-25(3)4)16-24-22(27)19-11-13-26(14-12-19)30(28,29)21-10-9-18-7-5-6-8-20(18)15-21/h5-10,15,19H,11-14,16-17H2,1-4H3,(H,24,27). The molecule has 0 radical (unpaired) electrons. The van der Waals surface area contributed by atoms with Gasteiger partial charge < -0.3 is 10.2 Å². The highest BCUT2D eigenvalue weighted by molar-refractivity contribution is 7.89. The molecule has 1 aliphatic heterocycles. The predicted molar refractivity (Wildman–Crippen MR) is 121 cm³/mol. The third kappa shape index (κ3) is 5.39. The number of carbonyl (C=O) groups is 1. The second kappa shape index (κ2) is 9.04. The van der Waals surface area contributed by atoms with Gasteiger partial charge in [-0.3, -0.25) is 4.79 Å². The Balaban J connectivity index is 1.59. The fourth-order valence-corrected chi connectivity index (χ4v) is 5.72. The van der Waals surface area contributed by atoms with Gasteiger partial charge >= 0.3 is 0 Å². The number of piperidine rings is 1. The van der Waals surface area contributed by atoms with Gasteiger partial charge in [0.1, 0.15) is 0 Å². The van der Waals surface area contributed by atoms with Crippen LogP contribution in [0.1, 0.15) is 26.7 Å². The molecule has 0 aliphatic carbocycles. The molecule has 2 aromatic carbocycles. The average Bonchev–Trinajstić information content (AvgIpc) is 2.71. The largest absolute Gasteiger partial charge is 0.355 e. The Morgan fingerprint density at radius 1 is 1.10 bits per heavy atom. The molecule has 0 aromatic heterocycles. The normalized spacial score (nSPS) is 16.8. The quantitative estimate of drug-likeness (QED) is 0.732. The summed E-state index contributed by atoms with van der Waals surface area (Å²) in [7, 11) is 0.491. The zero-order chi connectivity index (χ0) is 21.9. The summed E-state index contributed by atoms with van der Waals surface area (Å²) in [6.45, 7) is 6.50. The van der Waals surface area contributed by atoms with Crippen molar-refractivity contribution >= 4 is 26.7 Å². The molecule has 1 N–H and O–H groups in total. The number of hydrogen-bond donors (Lipinski definition) is 1. The monoisotopic (exact) mass is 431 g/mol. The smallest absolute Gasteiger partial charge is 0.243 e. The molecule has 0 atom stereocenters. The summed E-state index contributed by atoms with van der Waals surface area (Å²) in [6, 6.07) is 13.0. The first-order chi connectivity index (χ1) is 14.1. The van der Waals surface area contributed by atoms with Crippen LogP contribution in [0.15, 0.2) is 47.4 Å². The summed E-state index contributed by atoms with van der Waals surface area (Å²) in [4.78, 5) is 15.0. The summed E-state index contributed by atoms with van der Waals surface area (Å²) >= 11 is 0. The Kier molecular flexibility index (Phi) is 6.84. The van der Waals surface area contributed by atoms with Crippen LogP contribution in [-0.4, -0.2) is 63.8 Å². The summed E-state index contributed by atoms with van der Waals surface area (Å²) in [5, 5.41) is 5.00. The van der Waals surface area contributed by atoms with Crippen LogP contribution in [0.25, 0.3) is 10.8 Å². The van der Waals surface area contributed by atoms with E-state index in [1.807, 2.05) is 44.4 Å². The zero-order valence-electron chi connectivity index (χ0n) is 18.4. The third-order valence-corrected chi connectivity index (χ3v) is 7.56. The molecule has 30 heavy (non-hydrogen) atoms. The van der Waals surface area contributed by atoms with Gasteiger partial charge in [-0.05, 0) is 55.3 Å².